The number of nitrogens with zero attached hydrogens (tertiary/aromatic N) is 2. The summed E-state index contributed by atoms with van der Waals surface area (Å²) < 4.78 is 5.30. The van der Waals surface area contributed by atoms with E-state index in [2.05, 4.69) is 6.07 Å². The van der Waals surface area contributed by atoms with Gasteiger partial charge in [-0.25, -0.2) is 0 Å². The Bertz CT molecular complexity index is 256. The standard InChI is InChI=1S/C12H20N2O2/c1-2-9-16-10-6-12(15)14(8-3-7-13)11-4-5-11/h11H,2-6,8-10H2,1H3. The molecule has 4 nitrogen and oxygen atoms in total. The van der Waals surface area contributed by atoms with Crippen LogP contribution in [0.4, 0.5) is 0 Å². The van der Waals surface area contributed by atoms with E-state index in [1.807, 2.05) is 11.8 Å². The lowest BCUT2D eigenvalue weighted by molar-refractivity contribution is -0.132. The maximum Gasteiger partial charge on any atom is 0.225 e. The summed E-state index contributed by atoms with van der Waals surface area (Å²) in [7, 11) is 0. The molecule has 0 aromatic carbocycles. The quantitative estimate of drug-likeness (QED) is 0.590. The highest BCUT2D eigenvalue weighted by Gasteiger charge is 2.31. The Hall–Kier alpha value is -1.08. The summed E-state index contributed by atoms with van der Waals surface area (Å²) in [4.78, 5) is 13.7. The molecule has 1 fully saturated rings. The molecule has 0 bridgehead atoms. The van der Waals surface area contributed by atoms with E-state index in [9.17, 15) is 4.79 Å². The largest absolute Gasteiger partial charge is 0.381 e. The minimum Gasteiger partial charge on any atom is -0.381 e. The van der Waals surface area contributed by atoms with E-state index in [4.69, 9.17) is 10.00 Å². The zero-order chi connectivity index (χ0) is 11.8. The molecule has 0 saturated heterocycles. The second kappa shape index (κ2) is 7.24. The molecule has 0 heterocycles. The highest BCUT2D eigenvalue weighted by molar-refractivity contribution is 5.77. The predicted octanol–water partition coefficient (Wildman–Crippen LogP) is 1.71. The lowest BCUT2D eigenvalue weighted by atomic mass is 10.3. The van der Waals surface area contributed by atoms with Crippen molar-refractivity contribution in [2.75, 3.05) is 19.8 Å². The van der Waals surface area contributed by atoms with Crippen molar-refractivity contribution in [3.63, 3.8) is 0 Å². The van der Waals surface area contributed by atoms with Crippen molar-refractivity contribution in [2.24, 2.45) is 0 Å². The van der Waals surface area contributed by atoms with Gasteiger partial charge in [-0.3, -0.25) is 4.79 Å². The molecule has 0 radical (unpaired) electrons. The molecule has 1 amide bonds. The van der Waals surface area contributed by atoms with Crippen LogP contribution in [0.2, 0.25) is 0 Å². The number of hydrogen-bond donors (Lipinski definition) is 0. The van der Waals surface area contributed by atoms with Crippen molar-refractivity contribution in [1.82, 2.24) is 4.90 Å². The Morgan fingerprint density at radius 2 is 2.25 bits per heavy atom. The van der Waals surface area contributed by atoms with Crippen LogP contribution in [0.15, 0.2) is 0 Å². The van der Waals surface area contributed by atoms with Gasteiger partial charge in [0.1, 0.15) is 0 Å². The van der Waals surface area contributed by atoms with Crippen molar-refractivity contribution in [2.45, 2.75) is 45.1 Å². The Morgan fingerprint density at radius 3 is 2.81 bits per heavy atom. The Balaban J connectivity index is 2.22. The number of nitriles is 1. The second-order valence-corrected chi connectivity index (χ2v) is 4.09. The fraction of sp³-hybridized carbons (Fsp3) is 0.833. The van der Waals surface area contributed by atoms with Gasteiger partial charge in [-0.1, -0.05) is 6.92 Å². The van der Waals surface area contributed by atoms with Crippen LogP contribution in [0, 0.1) is 11.3 Å². The van der Waals surface area contributed by atoms with Crippen molar-refractivity contribution < 1.29 is 9.53 Å². The maximum atomic E-state index is 11.8. The van der Waals surface area contributed by atoms with Crippen LogP contribution in [-0.2, 0) is 9.53 Å². The van der Waals surface area contributed by atoms with Crippen molar-refractivity contribution >= 4 is 5.91 Å². The van der Waals surface area contributed by atoms with Gasteiger partial charge in [0, 0.05) is 19.2 Å². The molecule has 0 aliphatic heterocycles. The van der Waals surface area contributed by atoms with Crippen LogP contribution in [0.5, 0.6) is 0 Å². The Labute approximate surface area is 97.2 Å². The average Bonchev–Trinajstić information content (AvgIpc) is 3.09. The summed E-state index contributed by atoms with van der Waals surface area (Å²) in [6.07, 6.45) is 4.04. The summed E-state index contributed by atoms with van der Waals surface area (Å²) in [5.41, 5.74) is 0. The van der Waals surface area contributed by atoms with Gasteiger partial charge in [0.2, 0.25) is 5.91 Å². The third-order valence-corrected chi connectivity index (χ3v) is 2.58. The summed E-state index contributed by atoms with van der Waals surface area (Å²) in [6, 6.07) is 2.48. The van der Waals surface area contributed by atoms with Gasteiger partial charge in [0.15, 0.2) is 0 Å². The summed E-state index contributed by atoms with van der Waals surface area (Å²) in [5.74, 6) is 0.133. The summed E-state index contributed by atoms with van der Waals surface area (Å²) in [5, 5.41) is 8.53. The first-order chi connectivity index (χ1) is 7.79. The molecule has 1 aliphatic carbocycles. The van der Waals surface area contributed by atoms with Crippen LogP contribution in [0.3, 0.4) is 0 Å². The third kappa shape index (κ3) is 4.63. The van der Waals surface area contributed by atoms with E-state index in [0.717, 1.165) is 25.9 Å². The minimum absolute atomic E-state index is 0.133. The van der Waals surface area contributed by atoms with Gasteiger partial charge in [-0.05, 0) is 19.3 Å². The molecule has 0 atom stereocenters. The van der Waals surface area contributed by atoms with Gasteiger partial charge in [-0.2, -0.15) is 5.26 Å². The highest BCUT2D eigenvalue weighted by Crippen LogP contribution is 2.27. The first-order valence-corrected chi connectivity index (χ1v) is 6.03. The molecule has 16 heavy (non-hydrogen) atoms. The van der Waals surface area contributed by atoms with Gasteiger partial charge < -0.3 is 9.64 Å². The van der Waals surface area contributed by atoms with E-state index >= 15 is 0 Å². The molecule has 0 aromatic rings. The lowest BCUT2D eigenvalue weighted by Crippen LogP contribution is -2.34. The van der Waals surface area contributed by atoms with Crippen LogP contribution in [0.1, 0.15) is 39.0 Å². The first kappa shape index (κ1) is 13.0. The number of hydrogen-bond acceptors (Lipinski definition) is 3. The van der Waals surface area contributed by atoms with Crippen LogP contribution in [-0.4, -0.2) is 36.6 Å². The first-order valence-electron chi connectivity index (χ1n) is 6.03. The lowest BCUT2D eigenvalue weighted by Gasteiger charge is -2.21. The van der Waals surface area contributed by atoms with Crippen LogP contribution >= 0.6 is 0 Å². The predicted molar refractivity (Wildman–Crippen MR) is 60.7 cm³/mol. The number of amides is 1. The van der Waals surface area contributed by atoms with Crippen molar-refractivity contribution in [3.8, 4) is 6.07 Å². The maximum absolute atomic E-state index is 11.8. The molecule has 0 aromatic heterocycles. The molecule has 0 spiro atoms. The molecular formula is C12H20N2O2. The summed E-state index contributed by atoms with van der Waals surface area (Å²) >= 11 is 0. The topological polar surface area (TPSA) is 53.3 Å². The molecule has 0 N–H and O–H groups in total. The fourth-order valence-corrected chi connectivity index (χ4v) is 1.62. The average molecular weight is 224 g/mol. The van der Waals surface area contributed by atoms with E-state index < -0.39 is 0 Å². The number of ether oxygens (including phenoxy) is 1. The Morgan fingerprint density at radius 1 is 1.50 bits per heavy atom. The van der Waals surface area contributed by atoms with Gasteiger partial charge in [0.05, 0.1) is 25.5 Å². The Kier molecular flexibility index (Phi) is 5.87. The van der Waals surface area contributed by atoms with Crippen molar-refractivity contribution in [3.05, 3.63) is 0 Å². The van der Waals surface area contributed by atoms with E-state index in [0.29, 0.717) is 32.0 Å². The van der Waals surface area contributed by atoms with Gasteiger partial charge in [0.25, 0.3) is 0 Å². The number of rotatable bonds is 8. The minimum atomic E-state index is 0.133. The summed E-state index contributed by atoms with van der Waals surface area (Å²) in [6.45, 7) is 3.84. The molecule has 0 unspecified atom stereocenters. The van der Waals surface area contributed by atoms with Gasteiger partial charge in [-0.15, -0.1) is 0 Å². The van der Waals surface area contributed by atoms with Crippen molar-refractivity contribution in [1.29, 1.82) is 5.26 Å². The van der Waals surface area contributed by atoms with E-state index in [1.54, 1.807) is 0 Å². The molecule has 90 valence electrons. The normalized spacial score (nSPS) is 14.5. The number of carbonyl (C=O) groups is 1. The number of carbonyl (C=O) groups excluding carboxylic acids is 1. The molecule has 4 heteroatoms. The van der Waals surface area contributed by atoms with E-state index in [-0.39, 0.29) is 5.91 Å². The monoisotopic (exact) mass is 224 g/mol. The SMILES string of the molecule is CCCOCCC(=O)N(CCC#N)C1CC1. The highest BCUT2D eigenvalue weighted by atomic mass is 16.5. The fourth-order valence-electron chi connectivity index (χ4n) is 1.62. The molecular weight excluding hydrogens is 204 g/mol. The zero-order valence-electron chi connectivity index (χ0n) is 9.95. The second-order valence-electron chi connectivity index (χ2n) is 4.09. The third-order valence-electron chi connectivity index (χ3n) is 2.58. The van der Waals surface area contributed by atoms with Gasteiger partial charge >= 0.3 is 0 Å². The zero-order valence-corrected chi connectivity index (χ0v) is 9.95. The smallest absolute Gasteiger partial charge is 0.225 e. The molecule has 1 saturated carbocycles. The van der Waals surface area contributed by atoms with Crippen LogP contribution in [0.25, 0.3) is 0 Å². The van der Waals surface area contributed by atoms with E-state index in [1.165, 1.54) is 0 Å². The van der Waals surface area contributed by atoms with Crippen LogP contribution < -0.4 is 0 Å². The molecule has 1 aliphatic rings. The molecule has 1 rings (SSSR count).